The van der Waals surface area contributed by atoms with Crippen LogP contribution in [0.4, 0.5) is 0 Å². The van der Waals surface area contributed by atoms with Gasteiger partial charge in [-0.25, -0.2) is 9.59 Å². The summed E-state index contributed by atoms with van der Waals surface area (Å²) in [5, 5.41) is 21.2. The fraction of sp³-hybridized carbons (Fsp3) is 0.810. The molecule has 0 heterocycles. The molecule has 46 heavy (non-hydrogen) atoms. The highest BCUT2D eigenvalue weighted by Gasteiger charge is 2.29. The molecule has 0 aliphatic rings. The highest BCUT2D eigenvalue weighted by molar-refractivity contribution is 6.04. The molecule has 0 aliphatic carbocycles. The number of aromatic carboxylic acids is 2. The van der Waals surface area contributed by atoms with Crippen molar-refractivity contribution < 1.29 is 19.8 Å². The standard InChI is InChI=1S/C42H74O4/c1-5-9-13-17-19-20-22-26-30-34-38-36(32-28-25-21-18-14-10-6-2)35(31-27-23-15-11-7-3)37(33-29-24-16-12-8-4)39(41(43)44)40(38)42(45)46/h5-34H2,1-4H3,(H,43,44)(H,45,46). The van der Waals surface area contributed by atoms with Crippen molar-refractivity contribution in [1.29, 1.82) is 0 Å². The Kier molecular flexibility index (Phi) is 25.9. The van der Waals surface area contributed by atoms with Crippen LogP contribution < -0.4 is 0 Å². The van der Waals surface area contributed by atoms with E-state index in [1.807, 2.05) is 0 Å². The average Bonchev–Trinajstić information content (AvgIpc) is 3.03. The van der Waals surface area contributed by atoms with Gasteiger partial charge in [-0.2, -0.15) is 0 Å². The predicted molar refractivity (Wildman–Crippen MR) is 198 cm³/mol. The molecule has 0 radical (unpaired) electrons. The van der Waals surface area contributed by atoms with Crippen molar-refractivity contribution in [3.63, 3.8) is 0 Å². The fourth-order valence-corrected chi connectivity index (χ4v) is 7.28. The summed E-state index contributed by atoms with van der Waals surface area (Å²) in [4.78, 5) is 25.9. The Bertz CT molecular complexity index is 934. The smallest absolute Gasteiger partial charge is 0.336 e. The van der Waals surface area contributed by atoms with E-state index in [1.54, 1.807) is 0 Å². The molecule has 1 aromatic carbocycles. The number of carboxylic acid groups (broad SMARTS) is 2. The maximum absolute atomic E-state index is 13.0. The molecular formula is C42H74O4. The van der Waals surface area contributed by atoms with Crippen LogP contribution in [0.15, 0.2) is 0 Å². The van der Waals surface area contributed by atoms with E-state index in [1.165, 1.54) is 120 Å². The number of carboxylic acids is 2. The van der Waals surface area contributed by atoms with E-state index in [2.05, 4.69) is 27.7 Å². The van der Waals surface area contributed by atoms with E-state index in [-0.39, 0.29) is 11.1 Å². The van der Waals surface area contributed by atoms with E-state index in [9.17, 15) is 19.8 Å². The van der Waals surface area contributed by atoms with Crippen LogP contribution in [0, 0.1) is 0 Å². The lowest BCUT2D eigenvalue weighted by Crippen LogP contribution is -2.20. The Hall–Kier alpha value is -1.84. The molecule has 1 rings (SSSR count). The second kappa shape index (κ2) is 28.2. The molecule has 0 spiro atoms. The topological polar surface area (TPSA) is 74.6 Å². The van der Waals surface area contributed by atoms with Crippen molar-refractivity contribution in [3.8, 4) is 0 Å². The highest BCUT2D eigenvalue weighted by atomic mass is 16.4. The molecule has 0 saturated heterocycles. The number of carbonyl (C=O) groups is 2. The second-order valence-electron chi connectivity index (χ2n) is 14.1. The number of benzene rings is 1. The van der Waals surface area contributed by atoms with Gasteiger partial charge < -0.3 is 10.2 Å². The van der Waals surface area contributed by atoms with Gasteiger partial charge in [-0.3, -0.25) is 0 Å². The summed E-state index contributed by atoms with van der Waals surface area (Å²) in [5.74, 6) is -2.10. The summed E-state index contributed by atoms with van der Waals surface area (Å²) < 4.78 is 0. The Morgan fingerprint density at radius 3 is 0.739 bits per heavy atom. The van der Waals surface area contributed by atoms with Crippen LogP contribution in [0.25, 0.3) is 0 Å². The van der Waals surface area contributed by atoms with Gasteiger partial charge >= 0.3 is 11.9 Å². The minimum Gasteiger partial charge on any atom is -0.478 e. The summed E-state index contributed by atoms with van der Waals surface area (Å²) in [5.41, 5.74) is 4.37. The molecule has 4 nitrogen and oxygen atoms in total. The number of rotatable bonds is 32. The zero-order valence-corrected chi connectivity index (χ0v) is 30.9. The lowest BCUT2D eigenvalue weighted by Gasteiger charge is -2.25. The van der Waals surface area contributed by atoms with Gasteiger partial charge in [-0.05, 0) is 73.6 Å². The lowest BCUT2D eigenvalue weighted by molar-refractivity contribution is 0.0649. The van der Waals surface area contributed by atoms with Gasteiger partial charge in [0.25, 0.3) is 0 Å². The zero-order valence-electron chi connectivity index (χ0n) is 30.9. The SMILES string of the molecule is CCCCCCCCCCCc1c(CCCCCCCCC)c(CCCCCCC)c(CCCCCCC)c(C(=O)O)c1C(=O)O. The van der Waals surface area contributed by atoms with E-state index >= 15 is 0 Å². The third-order valence-electron chi connectivity index (χ3n) is 10.00. The molecule has 0 aliphatic heterocycles. The summed E-state index contributed by atoms with van der Waals surface area (Å²) in [6.07, 6.45) is 34.0. The van der Waals surface area contributed by atoms with Gasteiger partial charge in [-0.15, -0.1) is 0 Å². The highest BCUT2D eigenvalue weighted by Crippen LogP contribution is 2.34. The van der Waals surface area contributed by atoms with Crippen LogP contribution in [0.3, 0.4) is 0 Å². The number of unbranched alkanes of at least 4 members (excludes halogenated alkanes) is 22. The van der Waals surface area contributed by atoms with E-state index in [4.69, 9.17) is 0 Å². The number of hydrogen-bond acceptors (Lipinski definition) is 2. The monoisotopic (exact) mass is 643 g/mol. The molecule has 0 atom stereocenters. The third-order valence-corrected chi connectivity index (χ3v) is 10.00. The van der Waals surface area contributed by atoms with Crippen molar-refractivity contribution in [2.75, 3.05) is 0 Å². The van der Waals surface area contributed by atoms with Gasteiger partial charge in [0.15, 0.2) is 0 Å². The minimum atomic E-state index is -1.05. The molecule has 266 valence electrons. The van der Waals surface area contributed by atoms with Crippen LogP contribution >= 0.6 is 0 Å². The van der Waals surface area contributed by atoms with Crippen molar-refractivity contribution >= 4 is 11.9 Å². The van der Waals surface area contributed by atoms with Gasteiger partial charge in [-0.1, -0.05) is 169 Å². The normalized spacial score (nSPS) is 11.4. The first-order valence-corrected chi connectivity index (χ1v) is 20.1. The molecule has 0 bridgehead atoms. The molecular weight excluding hydrogens is 568 g/mol. The van der Waals surface area contributed by atoms with Crippen LogP contribution in [-0.2, 0) is 25.7 Å². The molecule has 4 heteroatoms. The van der Waals surface area contributed by atoms with Crippen molar-refractivity contribution in [3.05, 3.63) is 33.4 Å². The molecule has 0 unspecified atom stereocenters. The summed E-state index contributed by atoms with van der Waals surface area (Å²) in [6.45, 7) is 8.95. The van der Waals surface area contributed by atoms with E-state index < -0.39 is 11.9 Å². The summed E-state index contributed by atoms with van der Waals surface area (Å²) in [6, 6.07) is 0. The summed E-state index contributed by atoms with van der Waals surface area (Å²) >= 11 is 0. The molecule has 0 amide bonds. The first-order valence-electron chi connectivity index (χ1n) is 20.1. The van der Waals surface area contributed by atoms with Gasteiger partial charge in [0, 0.05) is 0 Å². The molecule has 0 fully saturated rings. The van der Waals surface area contributed by atoms with E-state index in [0.717, 1.165) is 81.8 Å². The second-order valence-corrected chi connectivity index (χ2v) is 14.1. The van der Waals surface area contributed by atoms with Crippen LogP contribution in [-0.4, -0.2) is 22.2 Å². The number of hydrogen-bond donors (Lipinski definition) is 2. The van der Waals surface area contributed by atoms with Gasteiger partial charge in [0.2, 0.25) is 0 Å². The maximum atomic E-state index is 13.0. The quantitative estimate of drug-likeness (QED) is 0.0767. The van der Waals surface area contributed by atoms with Crippen LogP contribution in [0.5, 0.6) is 0 Å². The van der Waals surface area contributed by atoms with Gasteiger partial charge in [0.1, 0.15) is 0 Å². The van der Waals surface area contributed by atoms with Crippen molar-refractivity contribution in [1.82, 2.24) is 0 Å². The molecule has 0 aromatic heterocycles. The average molecular weight is 643 g/mol. The first kappa shape index (κ1) is 42.2. The van der Waals surface area contributed by atoms with Crippen LogP contribution in [0.1, 0.15) is 238 Å². The van der Waals surface area contributed by atoms with Crippen molar-refractivity contribution in [2.24, 2.45) is 0 Å². The minimum absolute atomic E-state index is 0.112. The molecule has 0 saturated carbocycles. The lowest BCUT2D eigenvalue weighted by atomic mass is 9.79. The third kappa shape index (κ3) is 17.4. The van der Waals surface area contributed by atoms with E-state index in [0.29, 0.717) is 12.8 Å². The largest absolute Gasteiger partial charge is 0.478 e. The Labute approximate surface area is 284 Å². The van der Waals surface area contributed by atoms with Crippen LogP contribution in [0.2, 0.25) is 0 Å². The Morgan fingerprint density at radius 2 is 0.522 bits per heavy atom. The molecule has 1 aromatic rings. The van der Waals surface area contributed by atoms with Gasteiger partial charge in [0.05, 0.1) is 11.1 Å². The predicted octanol–water partition coefficient (Wildman–Crippen LogP) is 13.5. The Balaban J connectivity index is 3.44. The fourth-order valence-electron chi connectivity index (χ4n) is 7.28. The first-order chi connectivity index (χ1) is 22.4. The van der Waals surface area contributed by atoms with Crippen molar-refractivity contribution in [2.45, 2.75) is 220 Å². The Morgan fingerprint density at radius 1 is 0.326 bits per heavy atom. The summed E-state index contributed by atoms with van der Waals surface area (Å²) in [7, 11) is 0. The maximum Gasteiger partial charge on any atom is 0.336 e. The zero-order chi connectivity index (χ0) is 33.8. The molecule has 2 N–H and O–H groups in total.